The SMILES string of the molecule is Cc1ccc(C(=O)c2ccc(N)c([N+](=O)[O-])c2)s1. The summed E-state index contributed by atoms with van der Waals surface area (Å²) in [5.41, 5.74) is 5.57. The molecular formula is C12H10N2O3S. The minimum atomic E-state index is -0.591. The minimum Gasteiger partial charge on any atom is -0.393 e. The van der Waals surface area contributed by atoms with Gasteiger partial charge < -0.3 is 5.73 Å². The predicted molar refractivity (Wildman–Crippen MR) is 70.0 cm³/mol. The van der Waals surface area contributed by atoms with Gasteiger partial charge in [-0.25, -0.2) is 0 Å². The molecule has 0 saturated carbocycles. The Hall–Kier alpha value is -2.21. The second kappa shape index (κ2) is 4.58. The molecular weight excluding hydrogens is 252 g/mol. The lowest BCUT2D eigenvalue weighted by Crippen LogP contribution is -2.02. The van der Waals surface area contributed by atoms with Crippen LogP contribution >= 0.6 is 11.3 Å². The number of nitrogen functional groups attached to an aromatic ring is 1. The summed E-state index contributed by atoms with van der Waals surface area (Å²) in [6.45, 7) is 1.90. The molecule has 1 aromatic carbocycles. The first kappa shape index (κ1) is 12.3. The van der Waals surface area contributed by atoms with Gasteiger partial charge in [0.25, 0.3) is 5.69 Å². The van der Waals surface area contributed by atoms with Crippen LogP contribution in [-0.4, -0.2) is 10.7 Å². The number of hydrogen-bond donors (Lipinski definition) is 1. The number of nitro benzene ring substituents is 1. The smallest absolute Gasteiger partial charge is 0.292 e. The average molecular weight is 262 g/mol. The maximum absolute atomic E-state index is 12.1. The lowest BCUT2D eigenvalue weighted by molar-refractivity contribution is -0.383. The minimum absolute atomic E-state index is 0.0545. The summed E-state index contributed by atoms with van der Waals surface area (Å²) in [6, 6.07) is 7.65. The van der Waals surface area contributed by atoms with Crippen molar-refractivity contribution in [1.82, 2.24) is 0 Å². The van der Waals surface area contributed by atoms with Crippen LogP contribution in [0.3, 0.4) is 0 Å². The zero-order valence-electron chi connectivity index (χ0n) is 9.54. The number of ketones is 1. The molecule has 0 fully saturated rings. The molecule has 2 N–H and O–H groups in total. The Morgan fingerprint density at radius 1 is 1.33 bits per heavy atom. The van der Waals surface area contributed by atoms with E-state index in [1.165, 1.54) is 29.5 Å². The van der Waals surface area contributed by atoms with Gasteiger partial charge in [-0.3, -0.25) is 14.9 Å². The molecule has 6 heteroatoms. The van der Waals surface area contributed by atoms with Crippen LogP contribution < -0.4 is 5.73 Å². The van der Waals surface area contributed by atoms with Crippen LogP contribution in [-0.2, 0) is 0 Å². The highest BCUT2D eigenvalue weighted by Crippen LogP contribution is 2.25. The van der Waals surface area contributed by atoms with Crippen molar-refractivity contribution in [2.45, 2.75) is 6.92 Å². The molecule has 1 heterocycles. The van der Waals surface area contributed by atoms with Crippen molar-refractivity contribution in [2.75, 3.05) is 5.73 Å². The molecule has 0 bridgehead atoms. The van der Waals surface area contributed by atoms with Crippen LogP contribution in [0.2, 0.25) is 0 Å². The van der Waals surface area contributed by atoms with E-state index in [1.54, 1.807) is 6.07 Å². The molecule has 0 aliphatic heterocycles. The number of nitrogens with zero attached hydrogens (tertiary/aromatic N) is 1. The number of aryl methyl sites for hydroxylation is 1. The Morgan fingerprint density at radius 3 is 2.61 bits per heavy atom. The van der Waals surface area contributed by atoms with Crippen molar-refractivity contribution in [3.63, 3.8) is 0 Å². The molecule has 0 saturated heterocycles. The summed E-state index contributed by atoms with van der Waals surface area (Å²) < 4.78 is 0. The Balaban J connectivity index is 2.43. The summed E-state index contributed by atoms with van der Waals surface area (Å²) in [5.74, 6) is -0.226. The van der Waals surface area contributed by atoms with E-state index in [9.17, 15) is 14.9 Å². The third-order valence-electron chi connectivity index (χ3n) is 2.45. The van der Waals surface area contributed by atoms with Crippen molar-refractivity contribution in [3.05, 3.63) is 55.8 Å². The van der Waals surface area contributed by atoms with Gasteiger partial charge in [0.1, 0.15) is 5.69 Å². The van der Waals surface area contributed by atoms with Gasteiger partial charge in [0.2, 0.25) is 5.78 Å². The van der Waals surface area contributed by atoms with Crippen molar-refractivity contribution >= 4 is 28.5 Å². The van der Waals surface area contributed by atoms with Crippen LogP contribution in [0.25, 0.3) is 0 Å². The van der Waals surface area contributed by atoms with E-state index >= 15 is 0 Å². The molecule has 0 spiro atoms. The summed E-state index contributed by atoms with van der Waals surface area (Å²) in [4.78, 5) is 23.8. The second-order valence-corrected chi connectivity index (χ2v) is 5.06. The maximum atomic E-state index is 12.1. The van der Waals surface area contributed by atoms with E-state index in [-0.39, 0.29) is 22.7 Å². The third-order valence-corrected chi connectivity index (χ3v) is 3.45. The standard InChI is InChI=1S/C12H10N2O3S/c1-7-2-5-11(18-7)12(15)8-3-4-9(13)10(6-8)14(16)17/h2-6H,13H2,1H3. The fraction of sp³-hybridized carbons (Fsp3) is 0.0833. The average Bonchev–Trinajstić information content (AvgIpc) is 2.75. The van der Waals surface area contributed by atoms with Crippen LogP contribution in [0.15, 0.2) is 30.3 Å². The van der Waals surface area contributed by atoms with Crippen LogP contribution in [0.1, 0.15) is 20.1 Å². The van der Waals surface area contributed by atoms with Gasteiger partial charge in [-0.05, 0) is 31.2 Å². The number of anilines is 1. The fourth-order valence-electron chi connectivity index (χ4n) is 1.54. The highest BCUT2D eigenvalue weighted by Gasteiger charge is 2.17. The molecule has 5 nitrogen and oxygen atoms in total. The number of nitrogens with two attached hydrogens (primary N) is 1. The highest BCUT2D eigenvalue weighted by atomic mass is 32.1. The zero-order chi connectivity index (χ0) is 13.3. The first-order valence-corrected chi connectivity index (χ1v) is 5.96. The summed E-state index contributed by atoms with van der Waals surface area (Å²) in [6.07, 6.45) is 0. The predicted octanol–water partition coefficient (Wildman–Crippen LogP) is 2.78. The molecule has 0 aliphatic carbocycles. The quantitative estimate of drug-likeness (QED) is 0.399. The Morgan fingerprint density at radius 2 is 2.06 bits per heavy atom. The molecule has 0 atom stereocenters. The van der Waals surface area contributed by atoms with Gasteiger partial charge >= 0.3 is 0 Å². The lowest BCUT2D eigenvalue weighted by atomic mass is 10.1. The molecule has 2 rings (SSSR count). The van der Waals surface area contributed by atoms with Gasteiger partial charge in [-0.15, -0.1) is 11.3 Å². The molecule has 0 aliphatic rings. The number of carbonyl (C=O) groups is 1. The van der Waals surface area contributed by atoms with Crippen LogP contribution in [0.4, 0.5) is 11.4 Å². The number of rotatable bonds is 3. The highest BCUT2D eigenvalue weighted by molar-refractivity contribution is 7.14. The van der Waals surface area contributed by atoms with Crippen molar-refractivity contribution in [2.24, 2.45) is 0 Å². The van der Waals surface area contributed by atoms with E-state index in [0.29, 0.717) is 4.88 Å². The second-order valence-electron chi connectivity index (χ2n) is 3.77. The van der Waals surface area contributed by atoms with E-state index in [4.69, 9.17) is 5.73 Å². The Kier molecular flexibility index (Phi) is 3.12. The van der Waals surface area contributed by atoms with Gasteiger partial charge in [0.05, 0.1) is 9.80 Å². The van der Waals surface area contributed by atoms with E-state index in [1.807, 2.05) is 13.0 Å². The van der Waals surface area contributed by atoms with E-state index in [2.05, 4.69) is 0 Å². The summed E-state index contributed by atoms with van der Waals surface area (Å²) in [7, 11) is 0. The van der Waals surface area contributed by atoms with E-state index in [0.717, 1.165) is 4.88 Å². The molecule has 92 valence electrons. The van der Waals surface area contributed by atoms with Gasteiger partial charge in [-0.1, -0.05) is 0 Å². The Bertz CT molecular complexity index is 634. The molecule has 0 unspecified atom stereocenters. The normalized spacial score (nSPS) is 10.3. The fourth-order valence-corrected chi connectivity index (χ4v) is 2.37. The molecule has 18 heavy (non-hydrogen) atoms. The van der Waals surface area contributed by atoms with E-state index < -0.39 is 4.92 Å². The van der Waals surface area contributed by atoms with Gasteiger partial charge in [-0.2, -0.15) is 0 Å². The van der Waals surface area contributed by atoms with Crippen LogP contribution in [0.5, 0.6) is 0 Å². The third kappa shape index (κ3) is 2.23. The first-order valence-electron chi connectivity index (χ1n) is 5.14. The van der Waals surface area contributed by atoms with Crippen LogP contribution in [0, 0.1) is 17.0 Å². The van der Waals surface area contributed by atoms with Crippen molar-refractivity contribution in [1.29, 1.82) is 0 Å². The molecule has 1 aromatic heterocycles. The maximum Gasteiger partial charge on any atom is 0.292 e. The number of nitro groups is 1. The number of hydrogen-bond acceptors (Lipinski definition) is 5. The summed E-state index contributed by atoms with van der Waals surface area (Å²) in [5, 5.41) is 10.8. The summed E-state index contributed by atoms with van der Waals surface area (Å²) >= 11 is 1.36. The first-order chi connectivity index (χ1) is 8.49. The van der Waals surface area contributed by atoms with Crippen molar-refractivity contribution in [3.8, 4) is 0 Å². The number of thiophene rings is 1. The molecule has 0 radical (unpaired) electrons. The topological polar surface area (TPSA) is 86.2 Å². The van der Waals surface area contributed by atoms with Gasteiger partial charge in [0, 0.05) is 16.5 Å². The molecule has 2 aromatic rings. The number of carbonyl (C=O) groups excluding carboxylic acids is 1. The zero-order valence-corrected chi connectivity index (χ0v) is 10.4. The monoisotopic (exact) mass is 262 g/mol. The van der Waals surface area contributed by atoms with Gasteiger partial charge in [0.15, 0.2) is 0 Å². The lowest BCUT2D eigenvalue weighted by Gasteiger charge is -2.01. The largest absolute Gasteiger partial charge is 0.393 e. The Labute approximate surface area is 107 Å². The number of benzene rings is 1. The van der Waals surface area contributed by atoms with Crippen molar-refractivity contribution < 1.29 is 9.72 Å². The molecule has 0 amide bonds.